The second-order valence-electron chi connectivity index (χ2n) is 9.98. The lowest BCUT2D eigenvalue weighted by Gasteiger charge is -2.55. The zero-order chi connectivity index (χ0) is 27.1. The van der Waals surface area contributed by atoms with Gasteiger partial charge in [0.1, 0.15) is 0 Å². The molecule has 13 nitrogen and oxygen atoms in total. The van der Waals surface area contributed by atoms with Crippen molar-refractivity contribution < 1.29 is 28.0 Å². The molecular weight excluding hydrogens is 511 g/mol. The van der Waals surface area contributed by atoms with E-state index in [1.165, 1.54) is 4.68 Å². The zero-order valence-electron chi connectivity index (χ0n) is 20.7. The third kappa shape index (κ3) is 3.24. The number of imide groups is 2. The molecule has 1 aromatic carbocycles. The number of hydrogen-bond acceptors (Lipinski definition) is 10. The number of hydrogen-bond donors (Lipinski definition) is 2. The first-order valence-electron chi connectivity index (χ1n) is 12.3. The second kappa shape index (κ2) is 8.14. The minimum atomic E-state index is -1.73. The van der Waals surface area contributed by atoms with Gasteiger partial charge in [0, 0.05) is 37.1 Å². The van der Waals surface area contributed by atoms with Crippen LogP contribution in [0.3, 0.4) is 0 Å². The molecule has 0 radical (unpaired) electrons. The van der Waals surface area contributed by atoms with Crippen LogP contribution < -0.4 is 15.5 Å². The molecule has 3 atom stereocenters. The Morgan fingerprint density at radius 1 is 1.13 bits per heavy atom. The fourth-order valence-electron chi connectivity index (χ4n) is 6.12. The van der Waals surface area contributed by atoms with Crippen molar-refractivity contribution >= 4 is 34.5 Å². The quantitative estimate of drug-likeness (QED) is 0.363. The van der Waals surface area contributed by atoms with Crippen LogP contribution >= 0.6 is 0 Å². The van der Waals surface area contributed by atoms with E-state index in [9.17, 15) is 14.4 Å². The van der Waals surface area contributed by atoms with Gasteiger partial charge in [0.05, 0.1) is 47.4 Å². The van der Waals surface area contributed by atoms with E-state index in [2.05, 4.69) is 30.9 Å². The molecule has 2 N–H and O–H groups in total. The highest BCUT2D eigenvalue weighted by atomic mass is 19.1. The van der Waals surface area contributed by atoms with Gasteiger partial charge < -0.3 is 14.2 Å². The van der Waals surface area contributed by atoms with Gasteiger partial charge in [-0.15, -0.1) is 0 Å². The van der Waals surface area contributed by atoms with E-state index >= 15 is 4.39 Å². The Bertz CT molecular complexity index is 1660. The number of morpholine rings is 1. The number of fused-ring (bicyclic) bond motifs is 5. The summed E-state index contributed by atoms with van der Waals surface area (Å²) in [5, 5.41) is 13.2. The van der Waals surface area contributed by atoms with Crippen LogP contribution in [0.2, 0.25) is 0 Å². The van der Waals surface area contributed by atoms with E-state index in [-0.39, 0.29) is 36.2 Å². The summed E-state index contributed by atoms with van der Waals surface area (Å²) in [6, 6.07) is -0.112. The number of nitrogens with zero attached hydrogens (tertiary/aromatic N) is 6. The number of ether oxygens (including phenoxy) is 1. The molecule has 39 heavy (non-hydrogen) atoms. The standard InChI is InChI=1S/C25H21FN8O5/c1-11-9-33-18-13(6-25(20(33)12(2)38-11)22(35)30-24(37)31-23(25)36)5-15-19(17(18)26)39-32-21(15)34-10-14(7-29-34)16-8-27-3-4-28-16/h3-5,7-8,10-12,20H,6,9H2,1-2H3,(H2,30,31,35,36,37). The molecule has 4 aromatic rings. The molecular formula is C25H21FN8O5. The van der Waals surface area contributed by atoms with Gasteiger partial charge in [0.25, 0.3) is 0 Å². The van der Waals surface area contributed by atoms with Crippen molar-refractivity contribution in [3.63, 3.8) is 0 Å². The molecule has 14 heteroatoms. The fraction of sp³-hybridized carbons (Fsp3) is 0.320. The number of urea groups is 1. The van der Waals surface area contributed by atoms with E-state index in [0.717, 1.165) is 0 Å². The van der Waals surface area contributed by atoms with Gasteiger partial charge in [-0.25, -0.2) is 13.9 Å². The SMILES string of the molecule is CC1CN2c3c(cc4c(-n5cc(-c6cnccn6)cn5)noc4c3F)CC3(C(=O)NC(=O)NC3=O)C2C(C)O1. The van der Waals surface area contributed by atoms with Crippen LogP contribution in [0.4, 0.5) is 14.9 Å². The normalized spacial score (nSPS) is 23.9. The first-order valence-corrected chi connectivity index (χ1v) is 12.3. The maximum absolute atomic E-state index is 16.3. The highest BCUT2D eigenvalue weighted by Gasteiger charge is 2.63. The molecule has 1 spiro atoms. The van der Waals surface area contributed by atoms with E-state index in [4.69, 9.17) is 9.26 Å². The molecule has 7 rings (SSSR count). The summed E-state index contributed by atoms with van der Waals surface area (Å²) in [6.45, 7) is 3.77. The molecule has 4 amide bonds. The van der Waals surface area contributed by atoms with Crippen LogP contribution in [0.1, 0.15) is 19.4 Å². The van der Waals surface area contributed by atoms with Gasteiger partial charge in [0.15, 0.2) is 11.2 Å². The van der Waals surface area contributed by atoms with Gasteiger partial charge in [-0.05, 0) is 25.5 Å². The molecule has 2 saturated heterocycles. The fourth-order valence-corrected chi connectivity index (χ4v) is 6.12. The number of rotatable bonds is 2. The molecule has 3 unspecified atom stereocenters. The molecule has 6 heterocycles. The molecule has 0 bridgehead atoms. The van der Waals surface area contributed by atoms with Crippen LogP contribution in [0, 0.1) is 11.2 Å². The van der Waals surface area contributed by atoms with E-state index in [1.807, 2.05) is 6.92 Å². The van der Waals surface area contributed by atoms with Gasteiger partial charge in [-0.1, -0.05) is 5.16 Å². The molecule has 3 aromatic heterocycles. The molecule has 0 aliphatic carbocycles. The number of amides is 4. The number of nitrogens with one attached hydrogen (secondary N) is 2. The number of anilines is 1. The van der Waals surface area contributed by atoms with Gasteiger partial charge in [-0.3, -0.25) is 30.2 Å². The number of carbonyl (C=O) groups is 3. The lowest BCUT2D eigenvalue weighted by Crippen LogP contribution is -2.75. The topological polar surface area (TPSA) is 157 Å². The van der Waals surface area contributed by atoms with Crippen molar-refractivity contribution in [3.8, 4) is 17.1 Å². The number of aromatic nitrogens is 5. The second-order valence-corrected chi connectivity index (χ2v) is 9.98. The van der Waals surface area contributed by atoms with Crippen LogP contribution in [0.25, 0.3) is 28.0 Å². The maximum atomic E-state index is 16.3. The number of halogens is 1. The minimum absolute atomic E-state index is 0.0884. The van der Waals surface area contributed by atoms with Crippen LogP contribution in [0.15, 0.2) is 41.6 Å². The Kier molecular flexibility index (Phi) is 4.88. The van der Waals surface area contributed by atoms with E-state index < -0.39 is 41.2 Å². The lowest BCUT2D eigenvalue weighted by molar-refractivity contribution is -0.153. The maximum Gasteiger partial charge on any atom is 0.328 e. The summed E-state index contributed by atoms with van der Waals surface area (Å²) in [7, 11) is 0. The minimum Gasteiger partial charge on any atom is -0.372 e. The van der Waals surface area contributed by atoms with Crippen molar-refractivity contribution in [1.82, 2.24) is 35.5 Å². The first-order chi connectivity index (χ1) is 18.8. The smallest absolute Gasteiger partial charge is 0.328 e. The molecule has 3 aliphatic rings. The van der Waals surface area contributed by atoms with Crippen molar-refractivity contribution in [2.24, 2.45) is 5.41 Å². The summed E-state index contributed by atoms with van der Waals surface area (Å²) < 4.78 is 29.1. The van der Waals surface area contributed by atoms with Gasteiger partial charge in [0.2, 0.25) is 23.2 Å². The van der Waals surface area contributed by atoms with E-state index in [0.29, 0.717) is 22.2 Å². The monoisotopic (exact) mass is 532 g/mol. The zero-order valence-corrected chi connectivity index (χ0v) is 20.7. The summed E-state index contributed by atoms with van der Waals surface area (Å²) in [4.78, 5) is 48.7. The number of barbiturate groups is 1. The molecule has 198 valence electrons. The average molecular weight is 532 g/mol. The van der Waals surface area contributed by atoms with Crippen molar-refractivity contribution in [2.75, 3.05) is 11.4 Å². The molecule has 3 aliphatic heterocycles. The molecule has 2 fully saturated rings. The predicted molar refractivity (Wildman–Crippen MR) is 131 cm³/mol. The molecule has 0 saturated carbocycles. The van der Waals surface area contributed by atoms with E-state index in [1.54, 1.807) is 48.9 Å². The van der Waals surface area contributed by atoms with Crippen molar-refractivity contribution in [2.45, 2.75) is 38.5 Å². The summed E-state index contributed by atoms with van der Waals surface area (Å²) in [5.74, 6) is -1.96. The Labute approximate surface area is 219 Å². The largest absolute Gasteiger partial charge is 0.372 e. The van der Waals surface area contributed by atoms with Crippen LogP contribution in [-0.2, 0) is 20.7 Å². The van der Waals surface area contributed by atoms with Crippen molar-refractivity contribution in [1.29, 1.82) is 0 Å². The lowest BCUT2D eigenvalue weighted by atomic mass is 9.66. The highest BCUT2D eigenvalue weighted by molar-refractivity contribution is 6.20. The van der Waals surface area contributed by atoms with Crippen molar-refractivity contribution in [3.05, 3.63) is 48.4 Å². The summed E-state index contributed by atoms with van der Waals surface area (Å²) in [5.41, 5.74) is 0.0324. The van der Waals surface area contributed by atoms with Gasteiger partial charge in [-0.2, -0.15) is 5.10 Å². The Morgan fingerprint density at radius 3 is 2.67 bits per heavy atom. The Hall–Kier alpha value is -4.72. The van der Waals surface area contributed by atoms with Crippen LogP contribution in [0.5, 0.6) is 0 Å². The Balaban J connectivity index is 1.40. The number of carbonyl (C=O) groups excluding carboxylic acids is 3. The average Bonchev–Trinajstić information content (AvgIpc) is 3.55. The third-order valence-corrected chi connectivity index (χ3v) is 7.60. The third-order valence-electron chi connectivity index (χ3n) is 7.60. The summed E-state index contributed by atoms with van der Waals surface area (Å²) >= 11 is 0. The van der Waals surface area contributed by atoms with Crippen LogP contribution in [-0.4, -0.2) is 67.5 Å². The predicted octanol–water partition coefficient (Wildman–Crippen LogP) is 1.50. The first kappa shape index (κ1) is 23.4. The van der Waals surface area contributed by atoms with Gasteiger partial charge >= 0.3 is 6.03 Å². The summed E-state index contributed by atoms with van der Waals surface area (Å²) in [6.07, 6.45) is 6.82. The highest BCUT2D eigenvalue weighted by Crippen LogP contribution is 2.49. The Morgan fingerprint density at radius 2 is 1.92 bits per heavy atom. The number of benzene rings is 1.